The van der Waals surface area contributed by atoms with Gasteiger partial charge in [-0.2, -0.15) is 0 Å². The minimum atomic E-state index is -0.0507. The molecule has 0 aromatic heterocycles. The topological polar surface area (TPSA) is 32.7 Å². The normalized spacial score (nSPS) is 38.4. The van der Waals surface area contributed by atoms with Crippen LogP contribution in [0.3, 0.4) is 0 Å². The first-order chi connectivity index (χ1) is 7.29. The van der Waals surface area contributed by atoms with Crippen LogP contribution >= 0.6 is 0 Å². The molecule has 0 radical (unpaired) electrons. The monoisotopic (exact) mass is 213 g/mol. The molecule has 1 saturated heterocycles. The van der Waals surface area contributed by atoms with E-state index in [4.69, 9.17) is 4.74 Å². The van der Waals surface area contributed by atoms with Crippen molar-refractivity contribution in [2.24, 2.45) is 5.92 Å². The van der Waals surface area contributed by atoms with Crippen molar-refractivity contribution >= 4 is 0 Å². The van der Waals surface area contributed by atoms with Crippen LogP contribution in [0.4, 0.5) is 0 Å². The highest BCUT2D eigenvalue weighted by Crippen LogP contribution is 2.27. The Hall–Kier alpha value is -0.120. The Balaban J connectivity index is 1.79. The van der Waals surface area contributed by atoms with E-state index >= 15 is 0 Å². The van der Waals surface area contributed by atoms with Crippen molar-refractivity contribution in [1.29, 1.82) is 0 Å². The summed E-state index contributed by atoms with van der Waals surface area (Å²) in [4.78, 5) is 2.56. The maximum absolute atomic E-state index is 9.66. The molecule has 2 fully saturated rings. The summed E-state index contributed by atoms with van der Waals surface area (Å²) in [5, 5.41) is 9.66. The molecule has 1 N–H and O–H groups in total. The van der Waals surface area contributed by atoms with Crippen molar-refractivity contribution in [2.75, 3.05) is 26.8 Å². The van der Waals surface area contributed by atoms with Gasteiger partial charge in [0.15, 0.2) is 0 Å². The van der Waals surface area contributed by atoms with E-state index in [0.29, 0.717) is 12.0 Å². The fourth-order valence-corrected chi connectivity index (χ4v) is 3.04. The summed E-state index contributed by atoms with van der Waals surface area (Å²) in [7, 11) is 1.78. The molecule has 2 rings (SSSR count). The molecule has 0 aromatic rings. The molecule has 1 aliphatic carbocycles. The average Bonchev–Trinajstić information content (AvgIpc) is 2.67. The third-order valence-electron chi connectivity index (χ3n) is 3.85. The van der Waals surface area contributed by atoms with E-state index in [1.807, 2.05) is 0 Å². The number of aliphatic hydroxyl groups excluding tert-OH is 1. The predicted molar refractivity (Wildman–Crippen MR) is 59.8 cm³/mol. The summed E-state index contributed by atoms with van der Waals surface area (Å²) in [6, 6.07) is 0.635. The molecule has 0 aromatic carbocycles. The van der Waals surface area contributed by atoms with Gasteiger partial charge in [0, 0.05) is 19.7 Å². The summed E-state index contributed by atoms with van der Waals surface area (Å²) >= 11 is 0. The van der Waals surface area contributed by atoms with Crippen molar-refractivity contribution in [3.8, 4) is 0 Å². The van der Waals surface area contributed by atoms with Crippen LogP contribution in [0, 0.1) is 5.92 Å². The Bertz CT molecular complexity index is 198. The molecule has 3 heteroatoms. The van der Waals surface area contributed by atoms with Crippen molar-refractivity contribution < 1.29 is 9.84 Å². The second kappa shape index (κ2) is 5.28. The summed E-state index contributed by atoms with van der Waals surface area (Å²) < 4.78 is 5.21. The van der Waals surface area contributed by atoms with E-state index in [9.17, 15) is 5.11 Å². The third kappa shape index (κ3) is 2.92. The Labute approximate surface area is 92.4 Å². The highest BCUT2D eigenvalue weighted by Gasteiger charge is 2.31. The number of hydrogen-bond donors (Lipinski definition) is 1. The highest BCUT2D eigenvalue weighted by atomic mass is 16.5. The van der Waals surface area contributed by atoms with Gasteiger partial charge in [0.2, 0.25) is 0 Å². The summed E-state index contributed by atoms with van der Waals surface area (Å²) in [5.74, 6) is 0.717. The van der Waals surface area contributed by atoms with E-state index in [-0.39, 0.29) is 6.10 Å². The lowest BCUT2D eigenvalue weighted by Crippen LogP contribution is -2.39. The number of aliphatic hydroxyl groups is 1. The predicted octanol–water partition coefficient (Wildman–Crippen LogP) is 1.26. The standard InChI is InChI=1S/C12H23NO2/c1-15-9-10-5-6-13(8-10)11-3-2-4-12(14)7-11/h10-12,14H,2-9H2,1H3. The van der Waals surface area contributed by atoms with Crippen LogP contribution in [0.5, 0.6) is 0 Å². The second-order valence-electron chi connectivity index (χ2n) is 5.08. The van der Waals surface area contributed by atoms with Crippen LogP contribution in [0.2, 0.25) is 0 Å². The minimum absolute atomic E-state index is 0.0507. The molecule has 88 valence electrons. The Morgan fingerprint density at radius 3 is 2.93 bits per heavy atom. The van der Waals surface area contributed by atoms with E-state index < -0.39 is 0 Å². The quantitative estimate of drug-likeness (QED) is 0.766. The molecule has 0 amide bonds. The van der Waals surface area contributed by atoms with E-state index in [0.717, 1.165) is 19.4 Å². The number of likely N-dealkylation sites (tertiary alicyclic amines) is 1. The third-order valence-corrected chi connectivity index (χ3v) is 3.85. The van der Waals surface area contributed by atoms with Gasteiger partial charge in [-0.15, -0.1) is 0 Å². The van der Waals surface area contributed by atoms with Crippen LogP contribution in [0.15, 0.2) is 0 Å². The maximum Gasteiger partial charge on any atom is 0.0555 e. The summed E-state index contributed by atoms with van der Waals surface area (Å²) in [6.07, 6.45) is 5.67. The van der Waals surface area contributed by atoms with Gasteiger partial charge >= 0.3 is 0 Å². The van der Waals surface area contributed by atoms with Gasteiger partial charge in [-0.1, -0.05) is 0 Å². The fraction of sp³-hybridized carbons (Fsp3) is 1.00. The molecule has 3 atom stereocenters. The number of ether oxygens (including phenoxy) is 1. The molecule has 3 unspecified atom stereocenters. The zero-order chi connectivity index (χ0) is 10.7. The zero-order valence-corrected chi connectivity index (χ0v) is 9.69. The van der Waals surface area contributed by atoms with Crippen molar-refractivity contribution in [3.05, 3.63) is 0 Å². The van der Waals surface area contributed by atoms with Crippen LogP contribution in [-0.4, -0.2) is 49.0 Å². The average molecular weight is 213 g/mol. The molecular formula is C12H23NO2. The number of methoxy groups -OCH3 is 1. The van der Waals surface area contributed by atoms with Gasteiger partial charge in [0.1, 0.15) is 0 Å². The molecule has 1 saturated carbocycles. The van der Waals surface area contributed by atoms with E-state index in [1.165, 1.54) is 32.4 Å². The molecular weight excluding hydrogens is 190 g/mol. The molecule has 15 heavy (non-hydrogen) atoms. The lowest BCUT2D eigenvalue weighted by Gasteiger charge is -2.33. The van der Waals surface area contributed by atoms with Crippen LogP contribution in [0.1, 0.15) is 32.1 Å². The largest absolute Gasteiger partial charge is 0.393 e. The van der Waals surface area contributed by atoms with Gasteiger partial charge in [0.25, 0.3) is 0 Å². The Kier molecular flexibility index (Phi) is 4.00. The van der Waals surface area contributed by atoms with Crippen molar-refractivity contribution in [1.82, 2.24) is 4.90 Å². The van der Waals surface area contributed by atoms with Gasteiger partial charge in [0.05, 0.1) is 12.7 Å². The smallest absolute Gasteiger partial charge is 0.0555 e. The zero-order valence-electron chi connectivity index (χ0n) is 9.69. The first-order valence-corrected chi connectivity index (χ1v) is 6.20. The second-order valence-corrected chi connectivity index (χ2v) is 5.08. The van der Waals surface area contributed by atoms with E-state index in [1.54, 1.807) is 7.11 Å². The summed E-state index contributed by atoms with van der Waals surface area (Å²) in [6.45, 7) is 3.27. The highest BCUT2D eigenvalue weighted by molar-refractivity contribution is 4.85. The molecule has 0 spiro atoms. The first-order valence-electron chi connectivity index (χ1n) is 6.20. The lowest BCUT2D eigenvalue weighted by molar-refractivity contribution is 0.0676. The van der Waals surface area contributed by atoms with Gasteiger partial charge in [-0.05, 0) is 44.6 Å². The number of hydrogen-bond acceptors (Lipinski definition) is 3. The number of nitrogens with zero attached hydrogens (tertiary/aromatic N) is 1. The number of rotatable bonds is 3. The SMILES string of the molecule is COCC1CCN(C2CCCC(O)C2)C1. The lowest BCUT2D eigenvalue weighted by atomic mass is 9.92. The first kappa shape index (κ1) is 11.4. The van der Waals surface area contributed by atoms with Gasteiger partial charge in [-0.3, -0.25) is 4.90 Å². The molecule has 1 heterocycles. The summed E-state index contributed by atoms with van der Waals surface area (Å²) in [5.41, 5.74) is 0. The maximum atomic E-state index is 9.66. The Morgan fingerprint density at radius 1 is 1.33 bits per heavy atom. The van der Waals surface area contributed by atoms with Crippen molar-refractivity contribution in [3.63, 3.8) is 0 Å². The van der Waals surface area contributed by atoms with Gasteiger partial charge in [-0.25, -0.2) is 0 Å². The minimum Gasteiger partial charge on any atom is -0.393 e. The molecule has 1 aliphatic heterocycles. The Morgan fingerprint density at radius 2 is 2.20 bits per heavy atom. The molecule has 2 aliphatic rings. The van der Waals surface area contributed by atoms with Crippen LogP contribution in [0.25, 0.3) is 0 Å². The molecule has 0 bridgehead atoms. The van der Waals surface area contributed by atoms with Gasteiger partial charge < -0.3 is 9.84 Å². The van der Waals surface area contributed by atoms with Crippen LogP contribution in [-0.2, 0) is 4.74 Å². The molecule has 3 nitrogen and oxygen atoms in total. The van der Waals surface area contributed by atoms with Crippen LogP contribution < -0.4 is 0 Å². The fourth-order valence-electron chi connectivity index (χ4n) is 3.04. The van der Waals surface area contributed by atoms with E-state index in [2.05, 4.69) is 4.90 Å². The van der Waals surface area contributed by atoms with Crippen molar-refractivity contribution in [2.45, 2.75) is 44.2 Å².